The van der Waals surface area contributed by atoms with Gasteiger partial charge in [-0.3, -0.25) is 14.9 Å². The fraction of sp³-hybridized carbons (Fsp3) is 0.500. The van der Waals surface area contributed by atoms with Crippen LogP contribution in [0, 0.1) is 13.8 Å². The van der Waals surface area contributed by atoms with E-state index in [4.69, 9.17) is 4.99 Å². The highest BCUT2D eigenvalue weighted by molar-refractivity contribution is 14.0. The molecule has 0 bridgehead atoms. The summed E-state index contributed by atoms with van der Waals surface area (Å²) < 4.78 is 0. The summed E-state index contributed by atoms with van der Waals surface area (Å²) >= 11 is 0. The van der Waals surface area contributed by atoms with E-state index in [9.17, 15) is 0 Å². The number of aromatic nitrogens is 1. The van der Waals surface area contributed by atoms with Crippen LogP contribution in [0.25, 0.3) is 0 Å². The van der Waals surface area contributed by atoms with Gasteiger partial charge in [-0.1, -0.05) is 35.9 Å². The maximum Gasteiger partial charge on any atom is 0.191 e. The molecule has 0 atom stereocenters. The van der Waals surface area contributed by atoms with Gasteiger partial charge in [0.2, 0.25) is 0 Å². The minimum absolute atomic E-state index is 0. The number of nitrogens with one attached hydrogen (secondary N) is 2. The van der Waals surface area contributed by atoms with Crippen LogP contribution in [0.1, 0.15) is 42.1 Å². The topological polar surface area (TPSA) is 52.6 Å². The molecular weight excluding hydrogens is 485 g/mol. The molecule has 2 heterocycles. The van der Waals surface area contributed by atoms with Crippen molar-refractivity contribution in [2.45, 2.75) is 52.6 Å². The highest BCUT2D eigenvalue weighted by atomic mass is 127. The molecule has 2 aromatic rings. The molecule has 1 aliphatic rings. The fourth-order valence-electron chi connectivity index (χ4n) is 3.76. The first kappa shape index (κ1) is 24.6. The van der Waals surface area contributed by atoms with Gasteiger partial charge >= 0.3 is 0 Å². The van der Waals surface area contributed by atoms with Crippen molar-refractivity contribution < 1.29 is 0 Å². The Balaban J connectivity index is 0.00000320. The van der Waals surface area contributed by atoms with Crippen molar-refractivity contribution in [1.29, 1.82) is 0 Å². The first-order valence-corrected chi connectivity index (χ1v) is 10.9. The number of aliphatic imine (C=N–C) groups is 1. The summed E-state index contributed by atoms with van der Waals surface area (Å²) in [6.07, 6.45) is 5.17. The van der Waals surface area contributed by atoms with Crippen molar-refractivity contribution in [2.24, 2.45) is 4.99 Å². The van der Waals surface area contributed by atoms with Crippen molar-refractivity contribution in [2.75, 3.05) is 26.2 Å². The molecule has 0 spiro atoms. The molecule has 0 unspecified atom stereocenters. The zero-order valence-electron chi connectivity index (χ0n) is 18.5. The normalized spacial score (nSPS) is 15.5. The van der Waals surface area contributed by atoms with Gasteiger partial charge in [-0.15, -0.1) is 24.0 Å². The molecular formula is C24H36IN5. The lowest BCUT2D eigenvalue weighted by molar-refractivity contribution is 0.198. The number of nitrogens with zero attached hydrogens (tertiary/aromatic N) is 3. The number of likely N-dealkylation sites (tertiary alicyclic amines) is 1. The number of hydrogen-bond acceptors (Lipinski definition) is 3. The maximum absolute atomic E-state index is 4.77. The molecule has 1 fully saturated rings. The smallest absolute Gasteiger partial charge is 0.191 e. The molecule has 2 N–H and O–H groups in total. The fourth-order valence-corrected chi connectivity index (χ4v) is 3.76. The van der Waals surface area contributed by atoms with Crippen molar-refractivity contribution in [3.8, 4) is 0 Å². The Bertz CT molecular complexity index is 782. The average molecular weight is 521 g/mol. The lowest BCUT2D eigenvalue weighted by Crippen LogP contribution is -2.48. The minimum atomic E-state index is 0. The third-order valence-corrected chi connectivity index (χ3v) is 5.40. The highest BCUT2D eigenvalue weighted by Crippen LogP contribution is 2.14. The third-order valence-electron chi connectivity index (χ3n) is 5.40. The van der Waals surface area contributed by atoms with Gasteiger partial charge in [-0.25, -0.2) is 0 Å². The Morgan fingerprint density at radius 2 is 1.93 bits per heavy atom. The van der Waals surface area contributed by atoms with Crippen molar-refractivity contribution >= 4 is 29.9 Å². The van der Waals surface area contributed by atoms with Gasteiger partial charge < -0.3 is 10.6 Å². The van der Waals surface area contributed by atoms with E-state index in [1.807, 2.05) is 13.1 Å². The predicted molar refractivity (Wildman–Crippen MR) is 137 cm³/mol. The van der Waals surface area contributed by atoms with Crippen molar-refractivity contribution in [3.63, 3.8) is 0 Å². The summed E-state index contributed by atoms with van der Waals surface area (Å²) in [6, 6.07) is 13.5. The van der Waals surface area contributed by atoms with Crippen LogP contribution in [-0.2, 0) is 13.0 Å². The molecule has 5 nitrogen and oxygen atoms in total. The Kier molecular flexibility index (Phi) is 10.6. The van der Waals surface area contributed by atoms with Crippen LogP contribution < -0.4 is 10.6 Å². The van der Waals surface area contributed by atoms with E-state index in [0.29, 0.717) is 6.04 Å². The summed E-state index contributed by atoms with van der Waals surface area (Å²) in [5.41, 5.74) is 5.05. The van der Waals surface area contributed by atoms with Crippen LogP contribution in [0.15, 0.2) is 47.6 Å². The molecule has 0 amide bonds. The standard InChI is InChI=1S/C24H35N5.HI/c1-4-25-24(26-13-10-21-9-8-20(3)27-17-21)28-23-11-14-29(15-12-23)18-22-7-5-6-19(2)16-22;/h5-9,16-17,23H,4,10-15,18H2,1-3H3,(H2,25,26,28);1H. The van der Waals surface area contributed by atoms with Crippen LogP contribution >= 0.6 is 24.0 Å². The molecule has 3 rings (SSSR count). The van der Waals surface area contributed by atoms with E-state index in [0.717, 1.165) is 63.6 Å². The Morgan fingerprint density at radius 3 is 2.60 bits per heavy atom. The van der Waals surface area contributed by atoms with E-state index in [1.165, 1.54) is 16.7 Å². The summed E-state index contributed by atoms with van der Waals surface area (Å²) in [5, 5.41) is 7.03. The molecule has 1 aliphatic heterocycles. The largest absolute Gasteiger partial charge is 0.357 e. The summed E-state index contributed by atoms with van der Waals surface area (Å²) in [6.45, 7) is 11.2. The van der Waals surface area contributed by atoms with Crippen LogP contribution in [0.5, 0.6) is 0 Å². The molecule has 0 saturated carbocycles. The Hall–Kier alpha value is -1.67. The molecule has 0 radical (unpaired) electrons. The highest BCUT2D eigenvalue weighted by Gasteiger charge is 2.20. The third kappa shape index (κ3) is 8.22. The van der Waals surface area contributed by atoms with E-state index >= 15 is 0 Å². The molecule has 164 valence electrons. The summed E-state index contributed by atoms with van der Waals surface area (Å²) in [7, 11) is 0. The predicted octanol–water partition coefficient (Wildman–Crippen LogP) is 4.08. The number of guanidine groups is 1. The number of rotatable bonds is 7. The van der Waals surface area contributed by atoms with E-state index in [2.05, 4.69) is 70.8 Å². The van der Waals surface area contributed by atoms with Gasteiger partial charge in [0.1, 0.15) is 0 Å². The number of halogens is 1. The molecule has 0 aliphatic carbocycles. The lowest BCUT2D eigenvalue weighted by atomic mass is 10.0. The summed E-state index contributed by atoms with van der Waals surface area (Å²) in [5.74, 6) is 0.935. The van der Waals surface area contributed by atoms with Gasteiger partial charge in [0, 0.05) is 50.7 Å². The first-order valence-electron chi connectivity index (χ1n) is 10.9. The first-order chi connectivity index (χ1) is 14.1. The number of pyridine rings is 1. The summed E-state index contributed by atoms with van der Waals surface area (Å²) in [4.78, 5) is 11.7. The Labute approximate surface area is 198 Å². The Morgan fingerprint density at radius 1 is 1.13 bits per heavy atom. The molecule has 1 saturated heterocycles. The molecule has 1 aromatic heterocycles. The molecule has 30 heavy (non-hydrogen) atoms. The molecule has 6 heteroatoms. The van der Waals surface area contributed by atoms with Gasteiger partial charge in [-0.05, 0) is 57.2 Å². The number of piperidine rings is 1. The minimum Gasteiger partial charge on any atom is -0.357 e. The van der Waals surface area contributed by atoms with Crippen molar-refractivity contribution in [3.05, 3.63) is 65.0 Å². The second-order valence-electron chi connectivity index (χ2n) is 8.00. The van der Waals surface area contributed by atoms with E-state index in [1.54, 1.807) is 0 Å². The number of aryl methyl sites for hydroxylation is 2. The zero-order chi connectivity index (χ0) is 20.5. The lowest BCUT2D eigenvalue weighted by Gasteiger charge is -2.33. The zero-order valence-corrected chi connectivity index (χ0v) is 20.9. The van der Waals surface area contributed by atoms with Gasteiger partial charge in [0.25, 0.3) is 0 Å². The number of benzene rings is 1. The quantitative estimate of drug-likeness (QED) is 0.328. The van der Waals surface area contributed by atoms with Crippen LogP contribution in [0.2, 0.25) is 0 Å². The average Bonchev–Trinajstić information content (AvgIpc) is 2.71. The van der Waals surface area contributed by atoms with Gasteiger partial charge in [0.15, 0.2) is 5.96 Å². The van der Waals surface area contributed by atoms with E-state index in [-0.39, 0.29) is 24.0 Å². The van der Waals surface area contributed by atoms with Crippen LogP contribution in [0.3, 0.4) is 0 Å². The van der Waals surface area contributed by atoms with Crippen LogP contribution in [0.4, 0.5) is 0 Å². The monoisotopic (exact) mass is 521 g/mol. The molecule has 1 aromatic carbocycles. The van der Waals surface area contributed by atoms with Crippen molar-refractivity contribution in [1.82, 2.24) is 20.5 Å². The van der Waals surface area contributed by atoms with E-state index < -0.39 is 0 Å². The maximum atomic E-state index is 4.77. The number of hydrogen-bond donors (Lipinski definition) is 2. The SMILES string of the molecule is CCNC(=NCCc1ccc(C)nc1)NC1CCN(Cc2cccc(C)c2)CC1.I. The van der Waals surface area contributed by atoms with Crippen LogP contribution in [-0.4, -0.2) is 48.1 Å². The van der Waals surface area contributed by atoms with Gasteiger partial charge in [0.05, 0.1) is 0 Å². The second kappa shape index (κ2) is 12.9. The second-order valence-corrected chi connectivity index (χ2v) is 8.00. The van der Waals surface area contributed by atoms with Gasteiger partial charge in [-0.2, -0.15) is 0 Å².